The van der Waals surface area contributed by atoms with Gasteiger partial charge in [0.25, 0.3) is 11.8 Å². The lowest BCUT2D eigenvalue weighted by Crippen LogP contribution is -2.41. The molecule has 0 unspecified atom stereocenters. The number of carbonyl (C=O) groups is 3. The maximum Gasteiger partial charge on any atom is 0.272 e. The number of amides is 3. The highest BCUT2D eigenvalue weighted by Crippen LogP contribution is 2.30. The maximum absolute atomic E-state index is 13.5. The normalized spacial score (nSPS) is 13.0. The predicted molar refractivity (Wildman–Crippen MR) is 89.1 cm³/mol. The van der Waals surface area contributed by atoms with Crippen LogP contribution < -0.4 is 16.2 Å². The Hall–Kier alpha value is -3.22. The SMILES string of the molecule is O=C(NNC(=O)c1ccccc1F)c1cccc(NC(=O)C2CC2)c1. The maximum atomic E-state index is 13.5. The Kier molecular flexibility index (Phi) is 4.74. The summed E-state index contributed by atoms with van der Waals surface area (Å²) in [5, 5.41) is 2.74. The quantitative estimate of drug-likeness (QED) is 0.746. The molecular formula is C18H16FN3O3. The minimum absolute atomic E-state index is 0.0533. The Labute approximate surface area is 143 Å². The monoisotopic (exact) mass is 341 g/mol. The smallest absolute Gasteiger partial charge is 0.272 e. The summed E-state index contributed by atoms with van der Waals surface area (Å²) in [4.78, 5) is 35.7. The molecule has 1 saturated carbocycles. The van der Waals surface area contributed by atoms with Gasteiger partial charge in [0.1, 0.15) is 5.82 Å². The number of benzene rings is 2. The van der Waals surface area contributed by atoms with Crippen molar-refractivity contribution >= 4 is 23.4 Å². The standard InChI is InChI=1S/C18H16FN3O3/c19-15-7-2-1-6-14(15)18(25)22-21-17(24)12-4-3-5-13(10-12)20-16(23)11-8-9-11/h1-7,10-11H,8-9H2,(H,20,23)(H,21,24)(H,22,25). The molecule has 0 heterocycles. The van der Waals surface area contributed by atoms with Crippen LogP contribution in [-0.4, -0.2) is 17.7 Å². The van der Waals surface area contributed by atoms with E-state index < -0.39 is 17.6 Å². The summed E-state index contributed by atoms with van der Waals surface area (Å²) in [6.45, 7) is 0. The van der Waals surface area contributed by atoms with Crippen molar-refractivity contribution in [2.24, 2.45) is 5.92 Å². The zero-order chi connectivity index (χ0) is 17.8. The molecule has 1 aliphatic carbocycles. The van der Waals surface area contributed by atoms with Crippen LogP contribution in [0.4, 0.5) is 10.1 Å². The van der Waals surface area contributed by atoms with Crippen molar-refractivity contribution in [2.75, 3.05) is 5.32 Å². The average Bonchev–Trinajstić information content (AvgIpc) is 3.45. The van der Waals surface area contributed by atoms with E-state index >= 15 is 0 Å². The lowest BCUT2D eigenvalue weighted by molar-refractivity contribution is -0.117. The second-order valence-electron chi connectivity index (χ2n) is 5.73. The summed E-state index contributed by atoms with van der Waals surface area (Å²) < 4.78 is 13.5. The summed E-state index contributed by atoms with van der Waals surface area (Å²) in [5.41, 5.74) is 4.97. The topological polar surface area (TPSA) is 87.3 Å². The summed E-state index contributed by atoms with van der Waals surface area (Å²) in [7, 11) is 0. The molecule has 25 heavy (non-hydrogen) atoms. The number of halogens is 1. The van der Waals surface area contributed by atoms with E-state index in [0.717, 1.165) is 18.9 Å². The fourth-order valence-corrected chi connectivity index (χ4v) is 2.23. The van der Waals surface area contributed by atoms with Crippen LogP contribution in [0.5, 0.6) is 0 Å². The molecule has 0 atom stereocenters. The van der Waals surface area contributed by atoms with Crippen molar-refractivity contribution in [2.45, 2.75) is 12.8 Å². The molecule has 0 bridgehead atoms. The molecule has 2 aromatic rings. The fraction of sp³-hybridized carbons (Fsp3) is 0.167. The Morgan fingerprint density at radius 1 is 0.920 bits per heavy atom. The highest BCUT2D eigenvalue weighted by atomic mass is 19.1. The van der Waals surface area contributed by atoms with E-state index in [1.54, 1.807) is 12.1 Å². The third kappa shape index (κ3) is 4.20. The van der Waals surface area contributed by atoms with Gasteiger partial charge >= 0.3 is 0 Å². The van der Waals surface area contributed by atoms with E-state index in [9.17, 15) is 18.8 Å². The number of anilines is 1. The van der Waals surface area contributed by atoms with Crippen LogP contribution in [0.3, 0.4) is 0 Å². The minimum atomic E-state index is -0.760. The van der Waals surface area contributed by atoms with Crippen LogP contribution in [0.15, 0.2) is 48.5 Å². The van der Waals surface area contributed by atoms with Crippen LogP contribution in [0.25, 0.3) is 0 Å². The summed E-state index contributed by atoms with van der Waals surface area (Å²) in [5.74, 6) is -2.03. The van der Waals surface area contributed by atoms with Crippen molar-refractivity contribution in [3.63, 3.8) is 0 Å². The van der Waals surface area contributed by atoms with Gasteiger partial charge in [-0.2, -0.15) is 0 Å². The number of carbonyl (C=O) groups excluding carboxylic acids is 3. The number of rotatable bonds is 4. The first-order valence-corrected chi connectivity index (χ1v) is 7.81. The van der Waals surface area contributed by atoms with E-state index in [1.807, 2.05) is 0 Å². The highest BCUT2D eigenvalue weighted by molar-refractivity contribution is 6.00. The molecular weight excluding hydrogens is 325 g/mol. The molecule has 0 spiro atoms. The Morgan fingerprint density at radius 2 is 1.64 bits per heavy atom. The van der Waals surface area contributed by atoms with E-state index in [-0.39, 0.29) is 23.0 Å². The number of hydrogen-bond donors (Lipinski definition) is 3. The molecule has 1 fully saturated rings. The van der Waals surface area contributed by atoms with Gasteiger partial charge in [0.2, 0.25) is 5.91 Å². The van der Waals surface area contributed by atoms with Crippen molar-refractivity contribution in [1.29, 1.82) is 0 Å². The molecule has 128 valence electrons. The second kappa shape index (κ2) is 7.12. The summed E-state index contributed by atoms with van der Waals surface area (Å²) in [6, 6.07) is 11.8. The van der Waals surface area contributed by atoms with Crippen molar-refractivity contribution in [1.82, 2.24) is 10.9 Å². The zero-order valence-electron chi connectivity index (χ0n) is 13.2. The average molecular weight is 341 g/mol. The molecule has 0 radical (unpaired) electrons. The van der Waals surface area contributed by atoms with Crippen LogP contribution in [0, 0.1) is 11.7 Å². The molecule has 3 N–H and O–H groups in total. The minimum Gasteiger partial charge on any atom is -0.326 e. The van der Waals surface area contributed by atoms with Gasteiger partial charge < -0.3 is 5.32 Å². The van der Waals surface area contributed by atoms with Gasteiger partial charge in [-0.1, -0.05) is 18.2 Å². The number of nitrogens with one attached hydrogen (secondary N) is 3. The second-order valence-corrected chi connectivity index (χ2v) is 5.73. The van der Waals surface area contributed by atoms with Crippen LogP contribution in [-0.2, 0) is 4.79 Å². The first kappa shape index (κ1) is 16.6. The fourth-order valence-electron chi connectivity index (χ4n) is 2.23. The van der Waals surface area contributed by atoms with Crippen LogP contribution in [0.1, 0.15) is 33.6 Å². The van der Waals surface area contributed by atoms with Crippen LogP contribution in [0.2, 0.25) is 0 Å². The van der Waals surface area contributed by atoms with Gasteiger partial charge in [-0.3, -0.25) is 25.2 Å². The summed E-state index contributed by atoms with van der Waals surface area (Å²) in [6.07, 6.45) is 1.77. The first-order valence-electron chi connectivity index (χ1n) is 7.81. The molecule has 0 aliphatic heterocycles. The lowest BCUT2D eigenvalue weighted by Gasteiger charge is -2.09. The van der Waals surface area contributed by atoms with Gasteiger partial charge in [0, 0.05) is 17.2 Å². The van der Waals surface area contributed by atoms with Gasteiger partial charge in [-0.25, -0.2) is 4.39 Å². The van der Waals surface area contributed by atoms with Crippen LogP contribution >= 0.6 is 0 Å². The third-order valence-corrected chi connectivity index (χ3v) is 3.75. The molecule has 3 rings (SSSR count). The Morgan fingerprint density at radius 3 is 2.36 bits per heavy atom. The molecule has 1 aliphatic rings. The Balaban J connectivity index is 1.60. The van der Waals surface area contributed by atoms with Crippen molar-refractivity contribution in [3.8, 4) is 0 Å². The van der Waals surface area contributed by atoms with Gasteiger partial charge in [-0.15, -0.1) is 0 Å². The van der Waals surface area contributed by atoms with Gasteiger partial charge in [0.15, 0.2) is 0 Å². The van der Waals surface area contributed by atoms with Gasteiger partial charge in [0.05, 0.1) is 5.56 Å². The molecule has 6 nitrogen and oxygen atoms in total. The molecule has 7 heteroatoms. The van der Waals surface area contributed by atoms with E-state index in [4.69, 9.17) is 0 Å². The van der Waals surface area contributed by atoms with Gasteiger partial charge in [-0.05, 0) is 43.2 Å². The molecule has 0 aromatic heterocycles. The van der Waals surface area contributed by atoms with E-state index in [1.165, 1.54) is 30.3 Å². The predicted octanol–water partition coefficient (Wildman–Crippen LogP) is 2.25. The molecule has 0 saturated heterocycles. The third-order valence-electron chi connectivity index (χ3n) is 3.75. The first-order chi connectivity index (χ1) is 12.0. The summed E-state index contributed by atoms with van der Waals surface area (Å²) >= 11 is 0. The van der Waals surface area contributed by atoms with Crippen molar-refractivity contribution < 1.29 is 18.8 Å². The van der Waals surface area contributed by atoms with E-state index in [0.29, 0.717) is 5.69 Å². The van der Waals surface area contributed by atoms with Crippen molar-refractivity contribution in [3.05, 3.63) is 65.5 Å². The van der Waals surface area contributed by atoms with E-state index in [2.05, 4.69) is 16.2 Å². The Bertz CT molecular complexity index is 834. The highest BCUT2D eigenvalue weighted by Gasteiger charge is 2.29. The molecule has 3 amide bonds. The largest absolute Gasteiger partial charge is 0.326 e. The number of hydrogen-bond acceptors (Lipinski definition) is 3. The zero-order valence-corrected chi connectivity index (χ0v) is 13.2. The lowest BCUT2D eigenvalue weighted by atomic mass is 10.2. The number of hydrazine groups is 1. The molecule has 2 aromatic carbocycles.